The number of nitrogens with zero attached hydrogens (tertiary/aromatic N) is 5. The summed E-state index contributed by atoms with van der Waals surface area (Å²) in [4.78, 5) is 18.9. The zero-order chi connectivity index (χ0) is 24.4. The van der Waals surface area contributed by atoms with Gasteiger partial charge in [0.2, 0.25) is 0 Å². The molecule has 0 radical (unpaired) electrons. The molecule has 1 aromatic carbocycles. The minimum absolute atomic E-state index is 0.0142. The SMILES string of the molecule is CCC[C@@H](c1nnnn1Cc1ccco1)N(Cc1cc2ccc(C)c(C)c2[nH]c1=O)C1CCCC1. The number of aromatic amines is 1. The van der Waals surface area contributed by atoms with Crippen LogP contribution in [0.4, 0.5) is 0 Å². The number of hydrogen-bond acceptors (Lipinski definition) is 6. The molecular weight excluding hydrogens is 440 g/mol. The number of aromatic nitrogens is 5. The fraction of sp³-hybridized carbons (Fsp3) is 0.481. The van der Waals surface area contributed by atoms with Gasteiger partial charge in [-0.3, -0.25) is 9.69 Å². The largest absolute Gasteiger partial charge is 0.467 e. The summed E-state index contributed by atoms with van der Waals surface area (Å²) in [6.45, 7) is 7.39. The molecule has 0 bridgehead atoms. The summed E-state index contributed by atoms with van der Waals surface area (Å²) in [6.07, 6.45) is 8.26. The van der Waals surface area contributed by atoms with E-state index in [0.29, 0.717) is 19.1 Å². The number of hydrogen-bond donors (Lipinski definition) is 1. The molecule has 1 aliphatic carbocycles. The number of benzene rings is 1. The molecule has 1 N–H and O–H groups in total. The van der Waals surface area contributed by atoms with E-state index in [2.05, 4.69) is 64.4 Å². The van der Waals surface area contributed by atoms with Gasteiger partial charge < -0.3 is 9.40 Å². The monoisotopic (exact) mass is 474 g/mol. The number of fused-ring (bicyclic) bond motifs is 1. The summed E-state index contributed by atoms with van der Waals surface area (Å²) in [5.74, 6) is 1.65. The van der Waals surface area contributed by atoms with Crippen LogP contribution in [-0.2, 0) is 13.1 Å². The van der Waals surface area contributed by atoms with Crippen molar-refractivity contribution in [2.75, 3.05) is 0 Å². The van der Waals surface area contributed by atoms with Crippen LogP contribution in [0.2, 0.25) is 0 Å². The van der Waals surface area contributed by atoms with Crippen molar-refractivity contribution in [1.29, 1.82) is 0 Å². The average molecular weight is 475 g/mol. The van der Waals surface area contributed by atoms with Gasteiger partial charge in [0.05, 0.1) is 17.8 Å². The number of furan rings is 1. The van der Waals surface area contributed by atoms with Gasteiger partial charge in [-0.1, -0.05) is 38.3 Å². The first-order valence-corrected chi connectivity index (χ1v) is 12.7. The van der Waals surface area contributed by atoms with E-state index in [-0.39, 0.29) is 11.6 Å². The van der Waals surface area contributed by atoms with Crippen molar-refractivity contribution in [3.05, 3.63) is 75.2 Å². The van der Waals surface area contributed by atoms with Crippen molar-refractivity contribution < 1.29 is 4.42 Å². The van der Waals surface area contributed by atoms with Crippen LogP contribution >= 0.6 is 0 Å². The standard InChI is InChI=1S/C27H34N6O2/c1-4-8-24(26-29-30-31-33(26)17-23-11-7-14-35-23)32(22-9-5-6-10-22)16-21-15-20-13-12-18(2)19(3)25(20)28-27(21)34/h7,11-15,22,24H,4-6,8-10,16-17H2,1-3H3,(H,28,34)/t24-/m0/s1. The quantitative estimate of drug-likeness (QED) is 0.365. The fourth-order valence-electron chi connectivity index (χ4n) is 5.44. The smallest absolute Gasteiger partial charge is 0.252 e. The molecule has 3 aromatic heterocycles. The molecule has 1 fully saturated rings. The molecule has 0 saturated heterocycles. The third-order valence-corrected chi connectivity index (χ3v) is 7.48. The van der Waals surface area contributed by atoms with Gasteiger partial charge in [0.15, 0.2) is 5.82 Å². The molecule has 1 atom stereocenters. The Hall–Kier alpha value is -3.26. The van der Waals surface area contributed by atoms with Crippen molar-refractivity contribution in [3.63, 3.8) is 0 Å². The van der Waals surface area contributed by atoms with E-state index in [9.17, 15) is 4.79 Å². The Bertz CT molecular complexity index is 1330. The second-order valence-corrected chi connectivity index (χ2v) is 9.78. The van der Waals surface area contributed by atoms with Gasteiger partial charge in [0, 0.05) is 18.2 Å². The highest BCUT2D eigenvalue weighted by Crippen LogP contribution is 2.34. The minimum atomic E-state index is -0.0142. The molecule has 1 aliphatic rings. The highest BCUT2D eigenvalue weighted by Gasteiger charge is 2.33. The van der Waals surface area contributed by atoms with Crippen molar-refractivity contribution >= 4 is 10.9 Å². The number of rotatable bonds is 9. The molecule has 1 saturated carbocycles. The van der Waals surface area contributed by atoms with E-state index in [1.807, 2.05) is 16.8 Å². The van der Waals surface area contributed by atoms with Gasteiger partial charge in [-0.2, -0.15) is 0 Å². The van der Waals surface area contributed by atoms with Crippen LogP contribution in [0, 0.1) is 13.8 Å². The Labute approximate surface area is 205 Å². The maximum absolute atomic E-state index is 13.3. The predicted octanol–water partition coefficient (Wildman–Crippen LogP) is 5.06. The van der Waals surface area contributed by atoms with Crippen LogP contribution in [0.1, 0.15) is 79.8 Å². The lowest BCUT2D eigenvalue weighted by Crippen LogP contribution is -2.39. The normalized spacial score (nSPS) is 15.4. The van der Waals surface area contributed by atoms with Crippen molar-refractivity contribution in [1.82, 2.24) is 30.1 Å². The maximum atomic E-state index is 13.3. The van der Waals surface area contributed by atoms with E-state index in [1.54, 1.807) is 6.26 Å². The third-order valence-electron chi connectivity index (χ3n) is 7.48. The minimum Gasteiger partial charge on any atom is -0.467 e. The lowest BCUT2D eigenvalue weighted by atomic mass is 10.0. The molecule has 0 aliphatic heterocycles. The maximum Gasteiger partial charge on any atom is 0.252 e. The first kappa shape index (κ1) is 23.5. The third kappa shape index (κ3) is 4.80. The zero-order valence-corrected chi connectivity index (χ0v) is 20.8. The molecule has 3 heterocycles. The summed E-state index contributed by atoms with van der Waals surface area (Å²) in [7, 11) is 0. The predicted molar refractivity (Wildman–Crippen MR) is 135 cm³/mol. The summed E-state index contributed by atoms with van der Waals surface area (Å²) < 4.78 is 7.40. The van der Waals surface area contributed by atoms with Crippen molar-refractivity contribution in [2.45, 2.75) is 84.5 Å². The summed E-state index contributed by atoms with van der Waals surface area (Å²) in [5.41, 5.74) is 4.01. The number of nitrogens with one attached hydrogen (secondary N) is 1. The topological polar surface area (TPSA) is 92.8 Å². The van der Waals surface area contributed by atoms with E-state index < -0.39 is 0 Å². The van der Waals surface area contributed by atoms with Crippen LogP contribution in [-0.4, -0.2) is 36.1 Å². The van der Waals surface area contributed by atoms with E-state index in [4.69, 9.17) is 4.42 Å². The first-order valence-electron chi connectivity index (χ1n) is 12.7. The van der Waals surface area contributed by atoms with Crippen LogP contribution in [0.15, 0.2) is 45.8 Å². The molecule has 8 heteroatoms. The van der Waals surface area contributed by atoms with Gasteiger partial charge in [-0.05, 0) is 78.2 Å². The van der Waals surface area contributed by atoms with Gasteiger partial charge in [-0.15, -0.1) is 5.10 Å². The first-order chi connectivity index (χ1) is 17.0. The molecular formula is C27H34N6O2. The highest BCUT2D eigenvalue weighted by molar-refractivity contribution is 5.83. The Morgan fingerprint density at radius 1 is 1.23 bits per heavy atom. The van der Waals surface area contributed by atoms with Gasteiger partial charge in [0.25, 0.3) is 5.56 Å². The van der Waals surface area contributed by atoms with Crippen LogP contribution in [0.25, 0.3) is 10.9 Å². The Kier molecular flexibility index (Phi) is 6.81. The number of tetrazole rings is 1. The Morgan fingerprint density at radius 3 is 2.80 bits per heavy atom. The molecule has 0 spiro atoms. The van der Waals surface area contributed by atoms with Crippen molar-refractivity contribution in [3.8, 4) is 0 Å². The van der Waals surface area contributed by atoms with E-state index in [0.717, 1.165) is 59.3 Å². The van der Waals surface area contributed by atoms with E-state index in [1.165, 1.54) is 18.4 Å². The van der Waals surface area contributed by atoms with Crippen LogP contribution in [0.3, 0.4) is 0 Å². The average Bonchev–Trinajstić information content (AvgIpc) is 3.63. The molecule has 5 rings (SSSR count). The Balaban J connectivity index is 1.53. The van der Waals surface area contributed by atoms with Crippen LogP contribution < -0.4 is 5.56 Å². The number of pyridine rings is 1. The molecule has 0 unspecified atom stereocenters. The second kappa shape index (κ2) is 10.2. The number of aryl methyl sites for hydroxylation is 2. The molecule has 8 nitrogen and oxygen atoms in total. The van der Waals surface area contributed by atoms with Crippen molar-refractivity contribution in [2.24, 2.45) is 0 Å². The van der Waals surface area contributed by atoms with Gasteiger partial charge in [-0.25, -0.2) is 4.68 Å². The van der Waals surface area contributed by atoms with Gasteiger partial charge >= 0.3 is 0 Å². The summed E-state index contributed by atoms with van der Waals surface area (Å²) >= 11 is 0. The highest BCUT2D eigenvalue weighted by atomic mass is 16.3. The molecule has 184 valence electrons. The number of H-pyrrole nitrogens is 1. The fourth-order valence-corrected chi connectivity index (χ4v) is 5.44. The molecule has 35 heavy (non-hydrogen) atoms. The Morgan fingerprint density at radius 2 is 2.06 bits per heavy atom. The lowest BCUT2D eigenvalue weighted by molar-refractivity contribution is 0.108. The summed E-state index contributed by atoms with van der Waals surface area (Å²) in [5, 5.41) is 13.9. The lowest BCUT2D eigenvalue weighted by Gasteiger charge is -2.35. The summed E-state index contributed by atoms with van der Waals surface area (Å²) in [6, 6.07) is 10.5. The van der Waals surface area contributed by atoms with E-state index >= 15 is 0 Å². The second-order valence-electron chi connectivity index (χ2n) is 9.78. The molecule has 0 amide bonds. The van der Waals surface area contributed by atoms with Gasteiger partial charge in [0.1, 0.15) is 12.3 Å². The zero-order valence-electron chi connectivity index (χ0n) is 20.8. The van der Waals surface area contributed by atoms with Crippen LogP contribution in [0.5, 0.6) is 0 Å². The molecule has 4 aromatic rings.